The molecule has 0 saturated heterocycles. The summed E-state index contributed by atoms with van der Waals surface area (Å²) in [5.41, 5.74) is 7.17. The van der Waals surface area contributed by atoms with Crippen molar-refractivity contribution in [3.63, 3.8) is 0 Å². The summed E-state index contributed by atoms with van der Waals surface area (Å²) in [7, 11) is 3.86. The van der Waals surface area contributed by atoms with Gasteiger partial charge in [0.1, 0.15) is 5.75 Å². The van der Waals surface area contributed by atoms with Crippen molar-refractivity contribution in [1.82, 2.24) is 4.90 Å². The van der Waals surface area contributed by atoms with Crippen molar-refractivity contribution in [3.8, 4) is 5.75 Å². The number of rotatable bonds is 7. The van der Waals surface area contributed by atoms with Crippen LogP contribution in [0.25, 0.3) is 0 Å². The van der Waals surface area contributed by atoms with Crippen LogP contribution >= 0.6 is 0 Å². The number of methoxy groups -OCH3 is 1. The van der Waals surface area contributed by atoms with E-state index in [1.807, 2.05) is 18.2 Å². The number of likely N-dealkylation sites (N-methyl/N-ethyl adjacent to an activating group) is 1. The zero-order valence-electron chi connectivity index (χ0n) is 12.9. The molecule has 0 radical (unpaired) electrons. The Kier molecular flexibility index (Phi) is 6.32. The summed E-state index contributed by atoms with van der Waals surface area (Å²) in [5.74, 6) is 1.61. The molecule has 2 atom stereocenters. The average Bonchev–Trinajstić information content (AvgIpc) is 2.39. The van der Waals surface area contributed by atoms with Gasteiger partial charge >= 0.3 is 0 Å². The van der Waals surface area contributed by atoms with Crippen molar-refractivity contribution >= 4 is 0 Å². The summed E-state index contributed by atoms with van der Waals surface area (Å²) in [4.78, 5) is 2.36. The average molecular weight is 264 g/mol. The van der Waals surface area contributed by atoms with Crippen molar-refractivity contribution in [2.75, 3.05) is 20.7 Å². The van der Waals surface area contributed by atoms with Crippen LogP contribution in [0, 0.1) is 5.92 Å². The van der Waals surface area contributed by atoms with Crippen LogP contribution in [-0.2, 0) is 0 Å². The summed E-state index contributed by atoms with van der Waals surface area (Å²) in [6, 6.07) is 8.84. The van der Waals surface area contributed by atoms with Gasteiger partial charge in [-0.15, -0.1) is 0 Å². The molecule has 2 N–H and O–H groups in total. The summed E-state index contributed by atoms with van der Waals surface area (Å²) < 4.78 is 5.46. The number of nitrogens with two attached hydrogens (primary N) is 1. The first-order valence-electron chi connectivity index (χ1n) is 7.06. The molecule has 0 bridgehead atoms. The van der Waals surface area contributed by atoms with Gasteiger partial charge in [-0.1, -0.05) is 32.0 Å². The Morgan fingerprint density at radius 1 is 1.21 bits per heavy atom. The summed E-state index contributed by atoms with van der Waals surface area (Å²) in [6.45, 7) is 7.37. The number of hydrogen-bond acceptors (Lipinski definition) is 3. The van der Waals surface area contributed by atoms with E-state index in [4.69, 9.17) is 10.5 Å². The number of ether oxygens (including phenoxy) is 1. The van der Waals surface area contributed by atoms with Crippen LogP contribution in [0.5, 0.6) is 5.75 Å². The largest absolute Gasteiger partial charge is 0.496 e. The van der Waals surface area contributed by atoms with Gasteiger partial charge in [-0.2, -0.15) is 0 Å². The molecule has 3 nitrogen and oxygen atoms in total. The SMILES string of the molecule is COc1ccccc1C(CN)N(C)C(C)CC(C)C. The maximum Gasteiger partial charge on any atom is 0.123 e. The van der Waals surface area contributed by atoms with Gasteiger partial charge in [0, 0.05) is 18.2 Å². The lowest BCUT2D eigenvalue weighted by atomic mass is 9.99. The molecule has 0 fully saturated rings. The third-order valence-corrected chi connectivity index (χ3v) is 3.72. The van der Waals surface area contributed by atoms with Crippen molar-refractivity contribution in [2.24, 2.45) is 11.7 Å². The molecule has 1 aromatic rings. The number of benzene rings is 1. The van der Waals surface area contributed by atoms with Crippen LogP contribution in [-0.4, -0.2) is 31.6 Å². The highest BCUT2D eigenvalue weighted by Gasteiger charge is 2.23. The Labute approximate surface area is 117 Å². The molecule has 1 rings (SSSR count). The minimum atomic E-state index is 0.199. The third kappa shape index (κ3) is 4.22. The highest BCUT2D eigenvalue weighted by molar-refractivity contribution is 5.36. The van der Waals surface area contributed by atoms with Crippen LogP contribution in [0.4, 0.5) is 0 Å². The molecule has 2 unspecified atom stereocenters. The van der Waals surface area contributed by atoms with Crippen LogP contribution in [0.3, 0.4) is 0 Å². The lowest BCUT2D eigenvalue weighted by Crippen LogP contribution is -2.37. The predicted octanol–water partition coefficient (Wildman–Crippen LogP) is 3.06. The van der Waals surface area contributed by atoms with E-state index in [1.165, 1.54) is 12.0 Å². The molecular formula is C16H28N2O. The highest BCUT2D eigenvalue weighted by Crippen LogP contribution is 2.29. The molecule has 0 aromatic heterocycles. The van der Waals surface area contributed by atoms with E-state index in [2.05, 4.69) is 38.8 Å². The molecule has 0 heterocycles. The lowest BCUT2D eigenvalue weighted by Gasteiger charge is -2.34. The smallest absolute Gasteiger partial charge is 0.123 e. The fraction of sp³-hybridized carbons (Fsp3) is 0.625. The topological polar surface area (TPSA) is 38.5 Å². The molecule has 0 amide bonds. The van der Waals surface area contributed by atoms with Crippen molar-refractivity contribution in [1.29, 1.82) is 0 Å². The fourth-order valence-corrected chi connectivity index (χ4v) is 2.61. The van der Waals surface area contributed by atoms with E-state index >= 15 is 0 Å². The lowest BCUT2D eigenvalue weighted by molar-refractivity contribution is 0.166. The molecule has 0 aliphatic rings. The highest BCUT2D eigenvalue weighted by atomic mass is 16.5. The molecular weight excluding hydrogens is 236 g/mol. The van der Waals surface area contributed by atoms with Crippen LogP contribution in [0.2, 0.25) is 0 Å². The zero-order valence-corrected chi connectivity index (χ0v) is 12.9. The first-order chi connectivity index (χ1) is 9.01. The van der Waals surface area contributed by atoms with Crippen LogP contribution < -0.4 is 10.5 Å². The minimum absolute atomic E-state index is 0.199. The Bertz CT molecular complexity index is 379. The van der Waals surface area contributed by atoms with Gasteiger partial charge in [0.25, 0.3) is 0 Å². The van der Waals surface area contributed by atoms with Crippen LogP contribution in [0.15, 0.2) is 24.3 Å². The second kappa shape index (κ2) is 7.51. The van der Waals surface area contributed by atoms with Crippen molar-refractivity contribution in [2.45, 2.75) is 39.3 Å². The molecule has 1 aromatic carbocycles. The zero-order chi connectivity index (χ0) is 14.4. The van der Waals surface area contributed by atoms with Gasteiger partial charge in [0.15, 0.2) is 0 Å². The molecule has 0 aliphatic carbocycles. The molecule has 3 heteroatoms. The number of para-hydroxylation sites is 1. The van der Waals surface area contributed by atoms with E-state index in [0.29, 0.717) is 18.5 Å². The van der Waals surface area contributed by atoms with E-state index < -0.39 is 0 Å². The van der Waals surface area contributed by atoms with E-state index in [1.54, 1.807) is 7.11 Å². The maximum atomic E-state index is 6.00. The van der Waals surface area contributed by atoms with Gasteiger partial charge in [0.2, 0.25) is 0 Å². The Hall–Kier alpha value is -1.06. The van der Waals surface area contributed by atoms with Crippen molar-refractivity contribution in [3.05, 3.63) is 29.8 Å². The second-order valence-corrected chi connectivity index (χ2v) is 5.64. The van der Waals surface area contributed by atoms with Gasteiger partial charge in [-0.25, -0.2) is 0 Å². The molecule has 0 aliphatic heterocycles. The molecule has 108 valence electrons. The summed E-state index contributed by atoms with van der Waals surface area (Å²) in [6.07, 6.45) is 1.17. The van der Waals surface area contributed by atoms with E-state index in [-0.39, 0.29) is 6.04 Å². The number of hydrogen-bond donors (Lipinski definition) is 1. The quantitative estimate of drug-likeness (QED) is 0.822. The first-order valence-corrected chi connectivity index (χ1v) is 7.06. The third-order valence-electron chi connectivity index (χ3n) is 3.72. The molecule has 0 saturated carbocycles. The van der Waals surface area contributed by atoms with E-state index in [9.17, 15) is 0 Å². The fourth-order valence-electron chi connectivity index (χ4n) is 2.61. The minimum Gasteiger partial charge on any atom is -0.496 e. The second-order valence-electron chi connectivity index (χ2n) is 5.64. The van der Waals surface area contributed by atoms with Gasteiger partial charge in [-0.05, 0) is 32.4 Å². The predicted molar refractivity (Wildman–Crippen MR) is 81.5 cm³/mol. The van der Waals surface area contributed by atoms with Gasteiger partial charge < -0.3 is 10.5 Å². The van der Waals surface area contributed by atoms with Gasteiger partial charge in [0.05, 0.1) is 13.2 Å². The molecule has 0 spiro atoms. The Morgan fingerprint density at radius 2 is 1.84 bits per heavy atom. The Morgan fingerprint density at radius 3 is 2.37 bits per heavy atom. The van der Waals surface area contributed by atoms with E-state index in [0.717, 1.165) is 5.75 Å². The summed E-state index contributed by atoms with van der Waals surface area (Å²) in [5, 5.41) is 0. The molecule has 19 heavy (non-hydrogen) atoms. The number of nitrogens with zero attached hydrogens (tertiary/aromatic N) is 1. The van der Waals surface area contributed by atoms with Crippen molar-refractivity contribution < 1.29 is 4.74 Å². The standard InChI is InChI=1S/C16H28N2O/c1-12(2)10-13(3)18(4)15(11-17)14-8-6-7-9-16(14)19-5/h6-9,12-13,15H,10-11,17H2,1-5H3. The van der Waals surface area contributed by atoms with Crippen LogP contribution in [0.1, 0.15) is 38.8 Å². The first kappa shape index (κ1) is 16.0. The van der Waals surface area contributed by atoms with Gasteiger partial charge in [-0.3, -0.25) is 4.90 Å². The normalized spacial score (nSPS) is 14.7. The maximum absolute atomic E-state index is 6.00. The Balaban J connectivity index is 2.93. The monoisotopic (exact) mass is 264 g/mol. The summed E-state index contributed by atoms with van der Waals surface area (Å²) >= 11 is 0.